The van der Waals surface area contributed by atoms with Gasteiger partial charge in [-0.2, -0.15) is 4.99 Å². The van der Waals surface area contributed by atoms with Gasteiger partial charge in [0.1, 0.15) is 0 Å². The molecule has 35 heavy (non-hydrogen) atoms. The average molecular weight is 507 g/mol. The summed E-state index contributed by atoms with van der Waals surface area (Å²) in [7, 11) is 0. The van der Waals surface area contributed by atoms with E-state index in [1.165, 1.54) is 68.2 Å². The summed E-state index contributed by atoms with van der Waals surface area (Å²) in [5, 5.41) is 4.02. The van der Waals surface area contributed by atoms with Crippen LogP contribution in [0.2, 0.25) is 0 Å². The molecule has 0 atom stereocenters. The molecular weight excluding hydrogens is 470 g/mol. The predicted octanol–water partition coefficient (Wildman–Crippen LogP) is 5.70. The molecule has 0 aromatic heterocycles. The van der Waals surface area contributed by atoms with Crippen LogP contribution in [0.25, 0.3) is 0 Å². The molecule has 1 aromatic carbocycles. The minimum absolute atomic E-state index is 0.376. The number of allylic oxidation sites excluding steroid dienone is 7. The summed E-state index contributed by atoms with van der Waals surface area (Å²) in [6.07, 6.45) is 22.9. The zero-order chi connectivity index (χ0) is 24.3. The standard InChI is InChI=1S/C28H36N5S2/c29-27(35-22-23-10-6-3-1-2-4-7-11-23)31-28(34)30-24-12-14-25(15-13-24)33-20-16-26(17-21-33)32-18-8-5-9-19-32/h1-4,6-7,10-15,26H,5,8-9,16-22H2,(H3,29,30,31,34)/b2-1-,6-3-,7-4-,23-10+. The molecule has 0 saturated carbocycles. The molecule has 2 heterocycles. The van der Waals surface area contributed by atoms with Gasteiger partial charge >= 0.3 is 0 Å². The SMILES string of the molecule is N/C(=N\C(=S)Nc1ccc(N2CCC(N3CCCCC3)CC2)cc1)SC/C1=C/C=C\C=C/C=C\[CH]1. The summed E-state index contributed by atoms with van der Waals surface area (Å²) >= 11 is 6.89. The lowest BCUT2D eigenvalue weighted by molar-refractivity contribution is 0.141. The number of thioether (sulfide) groups is 1. The number of aliphatic imine (C=N–C) groups is 1. The highest BCUT2D eigenvalue weighted by Gasteiger charge is 2.25. The second kappa shape index (κ2) is 13.7. The first-order valence-electron chi connectivity index (χ1n) is 12.6. The van der Waals surface area contributed by atoms with Gasteiger partial charge in [-0.05, 0) is 75.3 Å². The Bertz CT molecular complexity index is 979. The topological polar surface area (TPSA) is 56.9 Å². The van der Waals surface area contributed by atoms with Crippen molar-refractivity contribution in [3.8, 4) is 0 Å². The van der Waals surface area contributed by atoms with Crippen LogP contribution < -0.4 is 16.0 Å². The van der Waals surface area contributed by atoms with Gasteiger partial charge in [0.2, 0.25) is 0 Å². The summed E-state index contributed by atoms with van der Waals surface area (Å²) in [6, 6.07) is 9.25. The maximum absolute atomic E-state index is 6.12. The first kappa shape index (κ1) is 25.7. The number of amidine groups is 1. The Morgan fingerprint density at radius 1 is 0.943 bits per heavy atom. The number of benzene rings is 1. The average Bonchev–Trinajstić information content (AvgIpc) is 3.02. The van der Waals surface area contributed by atoms with Crippen LogP contribution in [0.3, 0.4) is 0 Å². The first-order valence-corrected chi connectivity index (χ1v) is 14.0. The Morgan fingerprint density at radius 3 is 2.37 bits per heavy atom. The molecule has 1 radical (unpaired) electrons. The zero-order valence-electron chi connectivity index (χ0n) is 20.3. The summed E-state index contributed by atoms with van der Waals surface area (Å²) in [5.41, 5.74) is 9.49. The van der Waals surface area contributed by atoms with Gasteiger partial charge in [0.25, 0.3) is 0 Å². The Morgan fingerprint density at radius 2 is 1.63 bits per heavy atom. The summed E-state index contributed by atoms with van der Waals surface area (Å²) in [6.45, 7) is 4.83. The summed E-state index contributed by atoms with van der Waals surface area (Å²) in [4.78, 5) is 9.58. The minimum atomic E-state index is 0.376. The van der Waals surface area contributed by atoms with Gasteiger partial charge in [-0.1, -0.05) is 66.3 Å². The van der Waals surface area contributed by atoms with Crippen molar-refractivity contribution in [3.05, 3.63) is 78.8 Å². The number of nitrogens with one attached hydrogen (secondary N) is 1. The lowest BCUT2D eigenvalue weighted by atomic mass is 9.99. The molecule has 0 bridgehead atoms. The Balaban J connectivity index is 1.22. The second-order valence-corrected chi connectivity index (χ2v) is 10.5. The van der Waals surface area contributed by atoms with Gasteiger partial charge in [-0.25, -0.2) is 0 Å². The van der Waals surface area contributed by atoms with Crippen LogP contribution in [-0.2, 0) is 0 Å². The van der Waals surface area contributed by atoms with Crippen LogP contribution in [0.4, 0.5) is 11.4 Å². The number of piperidine rings is 2. The molecule has 3 N–H and O–H groups in total. The molecule has 5 nitrogen and oxygen atoms in total. The number of thiocarbonyl (C=S) groups is 1. The van der Waals surface area contributed by atoms with Crippen LogP contribution in [0, 0.1) is 6.42 Å². The minimum Gasteiger partial charge on any atom is -0.378 e. The monoisotopic (exact) mass is 506 g/mol. The predicted molar refractivity (Wildman–Crippen MR) is 157 cm³/mol. The fourth-order valence-corrected chi connectivity index (χ4v) is 5.67. The molecule has 0 amide bonds. The number of rotatable bonds is 5. The van der Waals surface area contributed by atoms with E-state index < -0.39 is 0 Å². The van der Waals surface area contributed by atoms with Crippen LogP contribution in [0.5, 0.6) is 0 Å². The van der Waals surface area contributed by atoms with E-state index in [4.69, 9.17) is 18.0 Å². The van der Waals surface area contributed by atoms with E-state index in [9.17, 15) is 0 Å². The number of hydrogen-bond donors (Lipinski definition) is 2. The molecule has 0 spiro atoms. The number of nitrogens with zero attached hydrogens (tertiary/aromatic N) is 3. The van der Waals surface area contributed by atoms with Crippen LogP contribution in [0.1, 0.15) is 32.1 Å². The van der Waals surface area contributed by atoms with Crippen LogP contribution >= 0.6 is 24.0 Å². The molecule has 7 heteroatoms. The van der Waals surface area contributed by atoms with E-state index in [0.717, 1.165) is 30.6 Å². The zero-order valence-corrected chi connectivity index (χ0v) is 21.9. The third-order valence-corrected chi connectivity index (χ3v) is 7.69. The molecule has 4 rings (SSSR count). The van der Waals surface area contributed by atoms with E-state index in [0.29, 0.717) is 10.3 Å². The molecule has 0 unspecified atom stereocenters. The van der Waals surface area contributed by atoms with Crippen molar-refractivity contribution in [3.63, 3.8) is 0 Å². The van der Waals surface area contributed by atoms with Crippen molar-refractivity contribution in [2.45, 2.75) is 38.1 Å². The van der Waals surface area contributed by atoms with Crippen molar-refractivity contribution in [1.29, 1.82) is 0 Å². The summed E-state index contributed by atoms with van der Waals surface area (Å²) in [5.74, 6) is 0.732. The maximum atomic E-state index is 6.12. The van der Waals surface area contributed by atoms with Gasteiger partial charge in [0.15, 0.2) is 10.3 Å². The van der Waals surface area contributed by atoms with E-state index in [2.05, 4.69) is 56.9 Å². The Hall–Kier alpha value is -2.35. The first-order chi connectivity index (χ1) is 17.2. The molecule has 2 aliphatic heterocycles. The van der Waals surface area contributed by atoms with E-state index >= 15 is 0 Å². The van der Waals surface area contributed by atoms with Gasteiger partial charge in [-0.3, -0.25) is 0 Å². The number of nitrogens with two attached hydrogens (primary N) is 1. The molecule has 2 fully saturated rings. The number of likely N-dealkylation sites (tertiary alicyclic amines) is 1. The molecule has 2 saturated heterocycles. The maximum Gasteiger partial charge on any atom is 0.199 e. The van der Waals surface area contributed by atoms with E-state index in [-0.39, 0.29) is 0 Å². The highest BCUT2D eigenvalue weighted by Crippen LogP contribution is 2.26. The molecular formula is C28H36N5S2. The molecule has 1 aromatic rings. The fraction of sp³-hybridized carbons (Fsp3) is 0.393. The lowest BCUT2D eigenvalue weighted by Crippen LogP contribution is -2.46. The van der Waals surface area contributed by atoms with Gasteiger partial charge in [0.05, 0.1) is 0 Å². The third kappa shape index (κ3) is 8.37. The third-order valence-electron chi connectivity index (χ3n) is 6.63. The largest absolute Gasteiger partial charge is 0.378 e. The normalized spacial score (nSPS) is 24.4. The van der Waals surface area contributed by atoms with Crippen LogP contribution in [-0.4, -0.2) is 53.2 Å². The van der Waals surface area contributed by atoms with Crippen LogP contribution in [0.15, 0.2) is 77.4 Å². The van der Waals surface area contributed by atoms with Gasteiger partial charge in [-0.15, -0.1) is 0 Å². The highest BCUT2D eigenvalue weighted by molar-refractivity contribution is 8.14. The van der Waals surface area contributed by atoms with Gasteiger partial charge in [0, 0.05) is 42.7 Å². The Labute approximate surface area is 219 Å². The number of anilines is 2. The number of hydrogen-bond acceptors (Lipinski definition) is 4. The quantitative estimate of drug-likeness (QED) is 0.304. The fourth-order valence-electron chi connectivity index (χ4n) is 4.74. The lowest BCUT2D eigenvalue weighted by Gasteiger charge is -2.41. The smallest absolute Gasteiger partial charge is 0.199 e. The molecule has 185 valence electrons. The Kier molecular flexibility index (Phi) is 10.0. The highest BCUT2D eigenvalue weighted by atomic mass is 32.2. The second-order valence-electron chi connectivity index (χ2n) is 9.09. The van der Waals surface area contributed by atoms with Crippen molar-refractivity contribution >= 4 is 45.6 Å². The van der Waals surface area contributed by atoms with Crippen molar-refractivity contribution in [1.82, 2.24) is 4.90 Å². The van der Waals surface area contributed by atoms with E-state index in [1.807, 2.05) is 36.5 Å². The van der Waals surface area contributed by atoms with Crippen molar-refractivity contribution in [2.24, 2.45) is 10.7 Å². The van der Waals surface area contributed by atoms with Crippen molar-refractivity contribution in [2.75, 3.05) is 42.1 Å². The molecule has 1 aliphatic carbocycles. The van der Waals surface area contributed by atoms with Crippen molar-refractivity contribution < 1.29 is 0 Å². The summed E-state index contributed by atoms with van der Waals surface area (Å²) < 4.78 is 0. The van der Waals surface area contributed by atoms with Gasteiger partial charge < -0.3 is 20.9 Å². The molecule has 3 aliphatic rings. The van der Waals surface area contributed by atoms with E-state index in [1.54, 1.807) is 0 Å².